The highest BCUT2D eigenvalue weighted by atomic mass is 32.2. The summed E-state index contributed by atoms with van der Waals surface area (Å²) in [7, 11) is 0. The molecule has 2 aromatic carbocycles. The first-order valence-corrected chi connectivity index (χ1v) is 13.7. The predicted molar refractivity (Wildman–Crippen MR) is 141 cm³/mol. The van der Waals surface area contributed by atoms with Crippen LogP contribution in [0.1, 0.15) is 46.4 Å². The topological polar surface area (TPSA) is 125 Å². The van der Waals surface area contributed by atoms with Crippen molar-refractivity contribution in [2.75, 3.05) is 31.1 Å². The molecule has 4 aliphatic rings. The largest absolute Gasteiger partial charge is 0.487 e. The molecule has 38 heavy (non-hydrogen) atoms. The number of nitrogens with one attached hydrogen (secondary N) is 1. The van der Waals surface area contributed by atoms with Crippen molar-refractivity contribution >= 4 is 41.3 Å². The van der Waals surface area contributed by atoms with Gasteiger partial charge in [-0.15, -0.1) is 0 Å². The lowest BCUT2D eigenvalue weighted by Crippen LogP contribution is -2.54. The van der Waals surface area contributed by atoms with E-state index in [1.165, 1.54) is 4.90 Å². The first kappa shape index (κ1) is 24.9. The lowest BCUT2D eigenvalue weighted by atomic mass is 10.0. The van der Waals surface area contributed by atoms with E-state index in [9.17, 15) is 19.2 Å². The molecular weight excluding hydrogens is 506 g/mol. The van der Waals surface area contributed by atoms with Gasteiger partial charge in [-0.2, -0.15) is 0 Å². The Morgan fingerprint density at radius 2 is 1.61 bits per heavy atom. The maximum atomic E-state index is 13.1. The average Bonchev–Trinajstić information content (AvgIpc) is 3.13. The molecule has 4 aliphatic heterocycles. The molecule has 6 rings (SSSR count). The highest BCUT2D eigenvalue weighted by Gasteiger charge is 2.45. The summed E-state index contributed by atoms with van der Waals surface area (Å²) < 4.78 is 8.48. The monoisotopic (exact) mass is 535 g/mol. The number of carbonyl (C=O) groups excluding carboxylic acids is 4. The Labute approximate surface area is 224 Å². The molecule has 0 aliphatic carbocycles. The van der Waals surface area contributed by atoms with Crippen molar-refractivity contribution < 1.29 is 23.9 Å². The molecule has 0 aromatic heterocycles. The number of carbonyl (C=O) groups is 4. The molecule has 3 fully saturated rings. The Bertz CT molecular complexity index is 1290. The van der Waals surface area contributed by atoms with Crippen molar-refractivity contribution in [1.29, 1.82) is 0 Å². The normalized spacial score (nSPS) is 22.9. The van der Waals surface area contributed by atoms with Gasteiger partial charge < -0.3 is 15.4 Å². The number of anilines is 1. The Morgan fingerprint density at radius 1 is 0.895 bits per heavy atom. The number of piperidine rings is 2. The van der Waals surface area contributed by atoms with Crippen LogP contribution in [0.4, 0.5) is 5.69 Å². The summed E-state index contributed by atoms with van der Waals surface area (Å²) in [6, 6.07) is 12.6. The highest BCUT2D eigenvalue weighted by Crippen LogP contribution is 2.33. The van der Waals surface area contributed by atoms with Crippen molar-refractivity contribution in [1.82, 2.24) is 14.5 Å². The van der Waals surface area contributed by atoms with E-state index < -0.39 is 29.7 Å². The summed E-state index contributed by atoms with van der Waals surface area (Å²) in [5.41, 5.74) is 7.38. The van der Waals surface area contributed by atoms with Gasteiger partial charge in [-0.1, -0.05) is 0 Å². The molecular formula is C27H29N5O5S. The second kappa shape index (κ2) is 10.0. The minimum absolute atomic E-state index is 0.0163. The molecule has 0 bridgehead atoms. The Kier molecular flexibility index (Phi) is 6.58. The third-order valence-corrected chi connectivity index (χ3v) is 8.60. The SMILES string of the molecule is NC1CCN(Sc2ccc(OC3CN(c4ccc5c(c4)C(=O)N(C4CCC(=O)NC4=O)C5=O)C3)cc2)CC1. The van der Waals surface area contributed by atoms with Gasteiger partial charge in [0.25, 0.3) is 11.8 Å². The first-order valence-electron chi connectivity index (χ1n) is 12.9. The molecule has 3 N–H and O–H groups in total. The zero-order chi connectivity index (χ0) is 26.4. The molecule has 3 saturated heterocycles. The van der Waals surface area contributed by atoms with E-state index >= 15 is 0 Å². The number of hydrogen-bond acceptors (Lipinski definition) is 9. The third kappa shape index (κ3) is 4.77. The Morgan fingerprint density at radius 3 is 2.32 bits per heavy atom. The number of imide groups is 2. The van der Waals surface area contributed by atoms with Crippen LogP contribution in [0, 0.1) is 0 Å². The first-order chi connectivity index (χ1) is 18.4. The second-order valence-electron chi connectivity index (χ2n) is 10.2. The van der Waals surface area contributed by atoms with Crippen LogP contribution >= 0.6 is 11.9 Å². The van der Waals surface area contributed by atoms with Crippen LogP contribution in [0.2, 0.25) is 0 Å². The van der Waals surface area contributed by atoms with E-state index in [4.69, 9.17) is 10.5 Å². The fraction of sp³-hybridized carbons (Fsp3) is 0.407. The average molecular weight is 536 g/mol. The number of nitrogens with two attached hydrogens (primary N) is 1. The van der Waals surface area contributed by atoms with Crippen molar-refractivity contribution in [3.05, 3.63) is 53.6 Å². The van der Waals surface area contributed by atoms with Gasteiger partial charge in [0.1, 0.15) is 17.9 Å². The number of rotatable bonds is 6. The number of nitrogens with zero attached hydrogens (tertiary/aromatic N) is 3. The van der Waals surface area contributed by atoms with E-state index in [1.54, 1.807) is 24.1 Å². The van der Waals surface area contributed by atoms with Crippen molar-refractivity contribution in [3.8, 4) is 5.75 Å². The van der Waals surface area contributed by atoms with Crippen LogP contribution in [-0.4, -0.2) is 77.2 Å². The van der Waals surface area contributed by atoms with Crippen LogP contribution in [0.25, 0.3) is 0 Å². The fourth-order valence-electron chi connectivity index (χ4n) is 5.27. The van der Waals surface area contributed by atoms with E-state index in [2.05, 4.69) is 26.7 Å². The predicted octanol–water partition coefficient (Wildman–Crippen LogP) is 1.79. The van der Waals surface area contributed by atoms with Gasteiger partial charge in [0.05, 0.1) is 24.2 Å². The van der Waals surface area contributed by atoms with Crippen LogP contribution in [0.15, 0.2) is 47.4 Å². The Hall–Kier alpha value is -3.41. The van der Waals surface area contributed by atoms with E-state index in [0.717, 1.165) is 42.3 Å². The highest BCUT2D eigenvalue weighted by molar-refractivity contribution is 7.97. The summed E-state index contributed by atoms with van der Waals surface area (Å²) >= 11 is 1.75. The quantitative estimate of drug-likeness (QED) is 0.421. The molecule has 198 valence electrons. The summed E-state index contributed by atoms with van der Waals surface area (Å²) in [6.45, 7) is 3.31. The van der Waals surface area contributed by atoms with E-state index in [0.29, 0.717) is 19.1 Å². The zero-order valence-corrected chi connectivity index (χ0v) is 21.6. The van der Waals surface area contributed by atoms with Crippen molar-refractivity contribution in [2.45, 2.75) is 48.8 Å². The van der Waals surface area contributed by atoms with Gasteiger partial charge in [0, 0.05) is 36.1 Å². The summed E-state index contributed by atoms with van der Waals surface area (Å²) in [4.78, 5) is 54.0. The third-order valence-electron chi connectivity index (χ3n) is 7.50. The molecule has 11 heteroatoms. The molecule has 0 radical (unpaired) electrons. The molecule has 0 saturated carbocycles. The molecule has 4 heterocycles. The zero-order valence-electron chi connectivity index (χ0n) is 20.8. The molecule has 4 amide bonds. The lowest BCUT2D eigenvalue weighted by Gasteiger charge is -2.40. The molecule has 1 unspecified atom stereocenters. The van der Waals surface area contributed by atoms with Crippen LogP contribution in [0.3, 0.4) is 0 Å². The van der Waals surface area contributed by atoms with Crippen molar-refractivity contribution in [2.24, 2.45) is 5.73 Å². The van der Waals surface area contributed by atoms with E-state index in [-0.39, 0.29) is 30.1 Å². The number of amides is 4. The van der Waals surface area contributed by atoms with Gasteiger partial charge in [-0.25, -0.2) is 4.31 Å². The molecule has 1 atom stereocenters. The maximum absolute atomic E-state index is 13.1. The maximum Gasteiger partial charge on any atom is 0.262 e. The van der Waals surface area contributed by atoms with Gasteiger partial charge in [0.15, 0.2) is 0 Å². The second-order valence-corrected chi connectivity index (χ2v) is 11.3. The summed E-state index contributed by atoms with van der Waals surface area (Å²) in [6.07, 6.45) is 2.31. The number of fused-ring (bicyclic) bond motifs is 1. The van der Waals surface area contributed by atoms with Gasteiger partial charge >= 0.3 is 0 Å². The lowest BCUT2D eigenvalue weighted by molar-refractivity contribution is -0.136. The minimum atomic E-state index is -0.965. The standard InChI is InChI=1S/C27H29N5O5S/c28-16-9-11-31(12-10-16)38-20-4-2-18(3-5-20)37-19-14-30(15-19)17-1-6-21-22(13-17)27(36)32(26(21)35)23-7-8-24(33)29-25(23)34/h1-6,13,16,19,23H,7-12,14-15,28H2,(H,29,33,34). The molecule has 2 aromatic rings. The van der Waals surface area contributed by atoms with Gasteiger partial charge in [0.2, 0.25) is 11.8 Å². The number of benzene rings is 2. The van der Waals surface area contributed by atoms with Crippen LogP contribution < -0.4 is 20.7 Å². The van der Waals surface area contributed by atoms with Gasteiger partial charge in [-0.05, 0) is 73.7 Å². The number of hydrogen-bond donors (Lipinski definition) is 2. The molecule has 10 nitrogen and oxygen atoms in total. The van der Waals surface area contributed by atoms with Crippen LogP contribution in [0.5, 0.6) is 5.75 Å². The minimum Gasteiger partial charge on any atom is -0.487 e. The smallest absolute Gasteiger partial charge is 0.262 e. The van der Waals surface area contributed by atoms with Crippen LogP contribution in [-0.2, 0) is 9.59 Å². The van der Waals surface area contributed by atoms with Gasteiger partial charge in [-0.3, -0.25) is 29.4 Å². The molecule has 0 spiro atoms. The number of ether oxygens (including phenoxy) is 1. The van der Waals surface area contributed by atoms with E-state index in [1.807, 2.05) is 18.2 Å². The fourth-order valence-corrected chi connectivity index (χ4v) is 6.22. The Balaban J connectivity index is 1.04. The van der Waals surface area contributed by atoms with Crippen molar-refractivity contribution in [3.63, 3.8) is 0 Å². The summed E-state index contributed by atoms with van der Waals surface area (Å²) in [5, 5.41) is 2.22. The summed E-state index contributed by atoms with van der Waals surface area (Å²) in [5.74, 6) is -1.19.